The molecule has 10 nitrogen and oxygen atoms in total. The van der Waals surface area contributed by atoms with Crippen molar-refractivity contribution in [3.05, 3.63) is 51.5 Å². The average molecular weight is 649 g/mol. The summed E-state index contributed by atoms with van der Waals surface area (Å²) in [6.45, 7) is 9.43. The lowest BCUT2D eigenvalue weighted by atomic mass is 9.80. The second-order valence-corrected chi connectivity index (χ2v) is 15.2. The fourth-order valence-corrected chi connectivity index (χ4v) is 8.90. The fraction of sp³-hybridized carbons (Fsp3) is 0.629. The molecule has 0 radical (unpaired) electrons. The highest BCUT2D eigenvalue weighted by Crippen LogP contribution is 2.36. The third-order valence-corrected chi connectivity index (χ3v) is 11.5. The molecule has 2 aromatic rings. The largest absolute Gasteiger partial charge is 0.352 e. The first-order valence-electron chi connectivity index (χ1n) is 17.0. The molecule has 0 spiro atoms. The van der Waals surface area contributed by atoms with Crippen LogP contribution in [0.4, 0.5) is 0 Å². The van der Waals surface area contributed by atoms with Gasteiger partial charge in [-0.05, 0) is 50.0 Å². The number of carbonyl (C=O) groups excluding carboxylic acids is 4. The molecule has 5 aliphatic heterocycles. The summed E-state index contributed by atoms with van der Waals surface area (Å²) in [5.74, 6) is 0.0143. The number of fused-ring (bicyclic) bond motifs is 4. The zero-order valence-electron chi connectivity index (χ0n) is 27.4. The zero-order chi connectivity index (χ0) is 32.4. The summed E-state index contributed by atoms with van der Waals surface area (Å²) in [5, 5.41) is 7.68. The number of amides is 4. The predicted octanol–water partition coefficient (Wildman–Crippen LogP) is 3.24. The fourth-order valence-electron chi connectivity index (χ4n) is 7.80. The van der Waals surface area contributed by atoms with Gasteiger partial charge in [-0.3, -0.25) is 19.2 Å². The highest BCUT2D eigenvalue weighted by molar-refractivity contribution is 7.11. The molecule has 4 atom stereocenters. The van der Waals surface area contributed by atoms with Crippen LogP contribution < -0.4 is 10.6 Å². The van der Waals surface area contributed by atoms with Crippen molar-refractivity contribution in [1.82, 2.24) is 30.3 Å². The number of rotatable bonds is 6. The van der Waals surface area contributed by atoms with E-state index < -0.39 is 6.04 Å². The van der Waals surface area contributed by atoms with Crippen LogP contribution in [0.3, 0.4) is 0 Å². The van der Waals surface area contributed by atoms with E-state index in [-0.39, 0.29) is 66.3 Å². The molecule has 11 heteroatoms. The van der Waals surface area contributed by atoms with E-state index in [0.29, 0.717) is 58.5 Å². The highest BCUT2D eigenvalue weighted by atomic mass is 32.1. The molecule has 3 saturated heterocycles. The van der Waals surface area contributed by atoms with Gasteiger partial charge in [0.1, 0.15) is 6.04 Å². The number of nitrogens with zero attached hydrogens (tertiary/aromatic N) is 4. The van der Waals surface area contributed by atoms with Gasteiger partial charge >= 0.3 is 0 Å². The summed E-state index contributed by atoms with van der Waals surface area (Å²) >= 11 is 1.68. The number of piperidine rings is 2. The summed E-state index contributed by atoms with van der Waals surface area (Å²) in [5.41, 5.74) is 1.87. The maximum Gasteiger partial charge on any atom is 0.245 e. The van der Waals surface area contributed by atoms with E-state index in [9.17, 15) is 19.2 Å². The van der Waals surface area contributed by atoms with Gasteiger partial charge in [-0.25, -0.2) is 4.98 Å². The smallest absolute Gasteiger partial charge is 0.245 e. The molecule has 248 valence electrons. The molecule has 6 heterocycles. The van der Waals surface area contributed by atoms with Crippen LogP contribution in [0.5, 0.6) is 0 Å². The van der Waals surface area contributed by atoms with Gasteiger partial charge in [-0.1, -0.05) is 44.2 Å². The van der Waals surface area contributed by atoms with Crippen LogP contribution in [0.15, 0.2) is 30.3 Å². The van der Waals surface area contributed by atoms with Crippen LogP contribution in [-0.4, -0.2) is 94.2 Å². The second kappa shape index (κ2) is 14.2. The van der Waals surface area contributed by atoms with Crippen molar-refractivity contribution in [1.29, 1.82) is 0 Å². The molecule has 1 aromatic heterocycles. The van der Waals surface area contributed by atoms with Gasteiger partial charge in [0.2, 0.25) is 23.6 Å². The van der Waals surface area contributed by atoms with E-state index in [1.165, 1.54) is 0 Å². The van der Waals surface area contributed by atoms with Crippen LogP contribution in [-0.2, 0) is 32.1 Å². The molecule has 7 rings (SSSR count). The number of carbonyl (C=O) groups is 4. The van der Waals surface area contributed by atoms with Crippen molar-refractivity contribution in [3.63, 3.8) is 0 Å². The van der Waals surface area contributed by atoms with Crippen LogP contribution in [0.1, 0.15) is 79.4 Å². The quantitative estimate of drug-likeness (QED) is 0.497. The molecule has 3 fully saturated rings. The Morgan fingerprint density at radius 3 is 2.48 bits per heavy atom. The monoisotopic (exact) mass is 648 g/mol. The minimum Gasteiger partial charge on any atom is -0.352 e. The van der Waals surface area contributed by atoms with Crippen LogP contribution in [0.25, 0.3) is 0 Å². The van der Waals surface area contributed by atoms with Crippen molar-refractivity contribution >= 4 is 35.0 Å². The molecule has 46 heavy (non-hydrogen) atoms. The molecule has 1 aromatic carbocycles. The first-order chi connectivity index (χ1) is 22.1. The van der Waals surface area contributed by atoms with E-state index in [2.05, 4.69) is 24.5 Å². The normalized spacial score (nSPS) is 27.3. The van der Waals surface area contributed by atoms with Gasteiger partial charge in [0.05, 0.1) is 17.1 Å². The Bertz CT molecular complexity index is 1420. The number of hydrogen-bond acceptors (Lipinski definition) is 7. The van der Waals surface area contributed by atoms with Crippen LogP contribution in [0, 0.1) is 18.8 Å². The Balaban J connectivity index is 1.25. The first kappa shape index (κ1) is 32.6. The molecule has 0 saturated carbocycles. The standard InChI is InChI=1S/C35H48N6O4S/c1-22(2)37-28-17-30-35(45)39-12-9-25(10-13-39)34-38-29(23(3)46-34)18-32(43)40-14-11-26(27(20-40)16-33(44)41(30)21-28)15-31(42)36-19-24-7-5-4-6-8-24/h4-8,22,25-28,30,37H,9-21H2,1-3H3,(H,36,42)/t26-,27-,28-,30-/m0/s1. The van der Waals surface area contributed by atoms with E-state index in [4.69, 9.17) is 4.98 Å². The van der Waals surface area contributed by atoms with Gasteiger partial charge in [-0.2, -0.15) is 0 Å². The summed E-state index contributed by atoms with van der Waals surface area (Å²) in [7, 11) is 0. The van der Waals surface area contributed by atoms with Crippen molar-refractivity contribution in [2.45, 2.75) is 96.3 Å². The Labute approximate surface area is 276 Å². The number of nitrogens with one attached hydrogen (secondary N) is 2. The molecular weight excluding hydrogens is 600 g/mol. The van der Waals surface area contributed by atoms with Crippen LogP contribution in [0.2, 0.25) is 0 Å². The Morgan fingerprint density at radius 2 is 1.74 bits per heavy atom. The summed E-state index contributed by atoms with van der Waals surface area (Å²) < 4.78 is 0. The Hall–Kier alpha value is -3.31. The number of hydrogen-bond donors (Lipinski definition) is 2. The third-order valence-electron chi connectivity index (χ3n) is 10.3. The van der Waals surface area contributed by atoms with Gasteiger partial charge in [0.15, 0.2) is 0 Å². The molecular formula is C35H48N6O4S. The van der Waals surface area contributed by atoms with E-state index >= 15 is 0 Å². The Kier molecular flexibility index (Phi) is 10.1. The van der Waals surface area contributed by atoms with Crippen molar-refractivity contribution in [3.8, 4) is 0 Å². The average Bonchev–Trinajstić information content (AvgIpc) is 3.63. The maximum absolute atomic E-state index is 14.2. The number of benzene rings is 1. The Morgan fingerprint density at radius 1 is 1.00 bits per heavy atom. The molecule has 5 aliphatic rings. The van der Waals surface area contributed by atoms with E-state index in [1.807, 2.05) is 47.1 Å². The number of thiazole rings is 1. The topological polar surface area (TPSA) is 115 Å². The van der Waals surface area contributed by atoms with Gasteiger partial charge in [-0.15, -0.1) is 11.3 Å². The van der Waals surface area contributed by atoms with Crippen molar-refractivity contribution in [2.24, 2.45) is 11.8 Å². The summed E-state index contributed by atoms with van der Waals surface area (Å²) in [6, 6.07) is 9.60. The molecule has 0 aliphatic carbocycles. The first-order valence-corrected chi connectivity index (χ1v) is 17.8. The van der Waals surface area contributed by atoms with E-state index in [1.54, 1.807) is 16.2 Å². The summed E-state index contributed by atoms with van der Waals surface area (Å²) in [4.78, 5) is 66.7. The third kappa shape index (κ3) is 7.46. The number of aromatic nitrogens is 1. The lowest BCUT2D eigenvalue weighted by molar-refractivity contribution is -0.146. The molecule has 0 unspecified atom stereocenters. The van der Waals surface area contributed by atoms with Crippen molar-refractivity contribution < 1.29 is 19.2 Å². The molecule has 4 amide bonds. The van der Waals surface area contributed by atoms with Crippen LogP contribution >= 0.6 is 11.3 Å². The number of aryl methyl sites for hydroxylation is 1. The molecule has 2 N–H and O–H groups in total. The van der Waals surface area contributed by atoms with E-state index in [0.717, 1.165) is 34.0 Å². The lowest BCUT2D eigenvalue weighted by Gasteiger charge is -2.39. The van der Waals surface area contributed by atoms with Gasteiger partial charge < -0.3 is 25.3 Å². The SMILES string of the molecule is Cc1sc2nc1CC(=O)N1CC[C@@H](CC(=O)NCc3ccccc3)[C@@H](CC(=O)N3C[C@@H](NC(C)C)C[C@H]3C(=O)N3CCC2CC3)C1. The zero-order valence-corrected chi connectivity index (χ0v) is 28.2. The van der Waals surface area contributed by atoms with Gasteiger partial charge in [0.25, 0.3) is 0 Å². The predicted molar refractivity (Wildman–Crippen MR) is 177 cm³/mol. The second-order valence-electron chi connectivity index (χ2n) is 14.0. The maximum atomic E-state index is 14.2. The lowest BCUT2D eigenvalue weighted by Crippen LogP contribution is -2.51. The molecule has 6 bridgehead atoms. The highest BCUT2D eigenvalue weighted by Gasteiger charge is 2.44. The van der Waals surface area contributed by atoms with Crippen molar-refractivity contribution in [2.75, 3.05) is 32.7 Å². The summed E-state index contributed by atoms with van der Waals surface area (Å²) in [6.07, 6.45) is 3.68. The minimum absolute atomic E-state index is 0.0268. The van der Waals surface area contributed by atoms with Gasteiger partial charge in [0, 0.05) is 75.0 Å². The minimum atomic E-state index is -0.501.